The van der Waals surface area contributed by atoms with E-state index in [4.69, 9.17) is 19.3 Å². The van der Waals surface area contributed by atoms with Crippen molar-refractivity contribution in [1.29, 1.82) is 0 Å². The zero-order chi connectivity index (χ0) is 48.8. The number of aliphatic hydroxyl groups excluding tert-OH is 1. The smallest absolute Gasteiger partial charge is 0.0718 e. The lowest BCUT2D eigenvalue weighted by atomic mass is 9.75. The molecule has 12 aliphatic rings. The molecule has 390 valence electrons. The van der Waals surface area contributed by atoms with Crippen molar-refractivity contribution in [1.82, 2.24) is 29.4 Å². The number of rotatable bonds is 7. The predicted octanol–water partition coefficient (Wildman–Crippen LogP) is 8.27. The first-order chi connectivity index (χ1) is 31.3. The molecule has 0 radical (unpaired) electrons. The van der Waals surface area contributed by atoms with Crippen LogP contribution >= 0.6 is 0 Å². The average Bonchev–Trinajstić information content (AvgIpc) is 3.86. The number of aliphatic hydroxyl groups is 1. The van der Waals surface area contributed by atoms with Crippen LogP contribution in [0, 0.1) is 69.5 Å². The van der Waals surface area contributed by atoms with Gasteiger partial charge in [-0.05, 0) is 157 Å². The largest absolute Gasteiger partial charge is 0.396 e. The van der Waals surface area contributed by atoms with Crippen LogP contribution in [0.15, 0.2) is 0 Å². The number of piperidine rings is 3. The number of fused-ring (bicyclic) bond motifs is 5. The maximum atomic E-state index is 8.76. The molecule has 12 rings (SSSR count). The molecule has 0 spiro atoms. The first-order valence-electron chi connectivity index (χ1n) is 28.2. The van der Waals surface area contributed by atoms with Gasteiger partial charge < -0.3 is 29.1 Å². The maximum Gasteiger partial charge on any atom is 0.0718 e. The lowest BCUT2D eigenvalue weighted by molar-refractivity contribution is -0.117. The number of hydrogen-bond acceptors (Lipinski definition) is 10. The van der Waals surface area contributed by atoms with Crippen LogP contribution in [0.2, 0.25) is 0 Å². The SMILES string of the molecule is CC(C)(C)C1C2CN(C3COC3)C[C@H]21.CC(C)(C)C1C2CN(CCCO)C[C@H]21.CC(C)(C)C1CN(C2COC2)C1.CC(C)(C)N1CC2CC2C1.CC(C)N1CC2C[C@H]1CO2.CC(C)N1CCC1. The van der Waals surface area contributed by atoms with Crippen LogP contribution < -0.4 is 0 Å². The van der Waals surface area contributed by atoms with Crippen LogP contribution in [0.3, 0.4) is 0 Å². The first-order valence-corrected chi connectivity index (χ1v) is 28.2. The molecule has 10 nitrogen and oxygen atoms in total. The Morgan fingerprint density at radius 3 is 1.31 bits per heavy atom. The average molecular weight is 942 g/mol. The highest BCUT2D eigenvalue weighted by Crippen LogP contribution is 2.61. The molecule has 3 aliphatic carbocycles. The molecular weight excluding hydrogens is 833 g/mol. The van der Waals surface area contributed by atoms with Crippen LogP contribution in [0.5, 0.6) is 0 Å². The first kappa shape index (κ1) is 54.4. The molecule has 67 heavy (non-hydrogen) atoms. The molecule has 10 heteroatoms. The topological polar surface area (TPSA) is 67.4 Å². The molecule has 2 bridgehead atoms. The standard InChI is InChI=1S/C12H21NO.C12H23NO.C10H19NO.C9H17N.C8H15NO.C6H13N/c1-12(2,3)11-9-4-13(5-10(9)11)8-6-14-7-8;1-12(2,3)11-9-7-13(5-4-6-14)8-10(9)11;1-10(2,3)8-4-11(5-8)9-6-12-7-9;1-9(2,3)10-5-7-4-8(7)6-10;1-6(2)9-4-8-3-7(9)5-10-8;1-6(2)7-4-3-5-7/h8-11H,4-7H2,1-3H3;9-11,14H,4-8H2,1-3H3;8-9H,4-7H2,1-3H3;7-8H,4-6H2,1-3H3;6-8H,3-5H2,1-2H3;6H,3-5H2,1-2H3/t2*9-,10?,11?;;;7-,8?;/m11..0./s1. The minimum Gasteiger partial charge on any atom is -0.396 e. The Hall–Kier alpha value is -0.400. The quantitative estimate of drug-likeness (QED) is 0.270. The fraction of sp³-hybridized carbons (Fsp3) is 1.00. The molecule has 0 amide bonds. The van der Waals surface area contributed by atoms with Crippen molar-refractivity contribution < 1.29 is 19.3 Å². The van der Waals surface area contributed by atoms with E-state index < -0.39 is 0 Å². The van der Waals surface area contributed by atoms with Gasteiger partial charge in [0.15, 0.2) is 0 Å². The third-order valence-electron chi connectivity index (χ3n) is 18.7. The molecular formula is C57H108N6O4. The van der Waals surface area contributed by atoms with Gasteiger partial charge in [-0.3, -0.25) is 19.6 Å². The van der Waals surface area contributed by atoms with Gasteiger partial charge in [0.2, 0.25) is 0 Å². The van der Waals surface area contributed by atoms with E-state index in [0.29, 0.717) is 40.5 Å². The number of ether oxygens (including phenoxy) is 3. The van der Waals surface area contributed by atoms with Crippen LogP contribution in [-0.4, -0.2) is 195 Å². The van der Waals surface area contributed by atoms with E-state index in [1.54, 1.807) is 0 Å². The minimum atomic E-state index is 0.342. The third-order valence-corrected chi connectivity index (χ3v) is 18.7. The maximum absolute atomic E-state index is 8.76. The number of hydrogen-bond donors (Lipinski definition) is 1. The normalized spacial score (nSPS) is 36.2. The Morgan fingerprint density at radius 1 is 0.537 bits per heavy atom. The van der Waals surface area contributed by atoms with Crippen molar-refractivity contribution >= 4 is 0 Å². The van der Waals surface area contributed by atoms with Crippen LogP contribution in [0.25, 0.3) is 0 Å². The summed E-state index contributed by atoms with van der Waals surface area (Å²) >= 11 is 0. The van der Waals surface area contributed by atoms with Crippen molar-refractivity contribution in [2.75, 3.05) is 118 Å². The highest BCUT2D eigenvalue weighted by molar-refractivity contribution is 5.11. The summed E-state index contributed by atoms with van der Waals surface area (Å²) in [6.07, 6.45) is 5.72. The summed E-state index contributed by atoms with van der Waals surface area (Å²) in [6.45, 7) is 58.0. The molecule has 10 atom stereocenters. The van der Waals surface area contributed by atoms with Crippen molar-refractivity contribution in [3.8, 4) is 0 Å². The van der Waals surface area contributed by atoms with Gasteiger partial charge >= 0.3 is 0 Å². The van der Waals surface area contributed by atoms with E-state index in [1.165, 1.54) is 91.3 Å². The summed E-state index contributed by atoms with van der Waals surface area (Å²) in [5.74, 6) is 8.98. The molecule has 7 unspecified atom stereocenters. The highest BCUT2D eigenvalue weighted by Gasteiger charge is 2.61. The number of morpholine rings is 1. The Kier molecular flexibility index (Phi) is 17.8. The zero-order valence-electron chi connectivity index (χ0n) is 46.6. The molecule has 12 fully saturated rings. The van der Waals surface area contributed by atoms with Gasteiger partial charge in [0.25, 0.3) is 0 Å². The van der Waals surface area contributed by atoms with E-state index in [9.17, 15) is 0 Å². The minimum absolute atomic E-state index is 0.342. The molecule has 0 aromatic rings. The second-order valence-electron chi connectivity index (χ2n) is 28.6. The Bertz CT molecular complexity index is 1480. The molecule has 0 aromatic carbocycles. The van der Waals surface area contributed by atoms with Crippen LogP contribution in [-0.2, 0) is 14.2 Å². The van der Waals surface area contributed by atoms with Gasteiger partial charge in [-0.15, -0.1) is 0 Å². The molecule has 3 saturated carbocycles. The van der Waals surface area contributed by atoms with Crippen molar-refractivity contribution in [3.63, 3.8) is 0 Å². The van der Waals surface area contributed by atoms with E-state index in [-0.39, 0.29) is 0 Å². The van der Waals surface area contributed by atoms with E-state index in [2.05, 4.69) is 140 Å². The summed E-state index contributed by atoms with van der Waals surface area (Å²) in [6, 6.07) is 3.75. The third kappa shape index (κ3) is 14.2. The lowest BCUT2D eigenvalue weighted by Gasteiger charge is -2.51. The summed E-state index contributed by atoms with van der Waals surface area (Å²) in [4.78, 5) is 15.4. The fourth-order valence-corrected chi connectivity index (χ4v) is 13.6. The second kappa shape index (κ2) is 22.0. The Labute approximate surface area is 413 Å². The Morgan fingerprint density at radius 2 is 1.03 bits per heavy atom. The monoisotopic (exact) mass is 941 g/mol. The number of likely N-dealkylation sites (tertiary alicyclic amines) is 6. The van der Waals surface area contributed by atoms with Gasteiger partial charge in [-0.25, -0.2) is 0 Å². The lowest BCUT2D eigenvalue weighted by Crippen LogP contribution is -2.61. The van der Waals surface area contributed by atoms with Gasteiger partial charge in [0.1, 0.15) is 0 Å². The van der Waals surface area contributed by atoms with Gasteiger partial charge in [0, 0.05) is 95.7 Å². The summed E-state index contributed by atoms with van der Waals surface area (Å²) in [5, 5.41) is 8.76. The number of nitrogens with zero attached hydrogens (tertiary/aromatic N) is 6. The fourth-order valence-electron chi connectivity index (χ4n) is 13.6. The van der Waals surface area contributed by atoms with Crippen molar-refractivity contribution in [2.45, 2.75) is 178 Å². The van der Waals surface area contributed by atoms with Crippen molar-refractivity contribution in [3.05, 3.63) is 0 Å². The van der Waals surface area contributed by atoms with Gasteiger partial charge in [0.05, 0.1) is 51.2 Å². The molecule has 9 saturated heterocycles. The summed E-state index contributed by atoms with van der Waals surface area (Å²) < 4.78 is 15.9. The van der Waals surface area contributed by atoms with Crippen LogP contribution in [0.1, 0.15) is 136 Å². The van der Waals surface area contributed by atoms with Crippen molar-refractivity contribution in [2.24, 2.45) is 69.5 Å². The Balaban J connectivity index is 0.000000121. The molecule has 9 aliphatic heterocycles. The molecule has 0 aromatic heterocycles. The highest BCUT2D eigenvalue weighted by atomic mass is 16.5. The summed E-state index contributed by atoms with van der Waals surface area (Å²) in [5.41, 5.74) is 1.98. The van der Waals surface area contributed by atoms with E-state index >= 15 is 0 Å². The van der Waals surface area contributed by atoms with Gasteiger partial charge in [-0.2, -0.15) is 0 Å². The zero-order valence-corrected chi connectivity index (χ0v) is 46.6. The predicted molar refractivity (Wildman–Crippen MR) is 278 cm³/mol. The van der Waals surface area contributed by atoms with E-state index in [0.717, 1.165) is 123 Å². The second-order valence-corrected chi connectivity index (χ2v) is 28.6. The van der Waals surface area contributed by atoms with Crippen LogP contribution in [0.4, 0.5) is 0 Å². The molecule has 1 N–H and O–H groups in total. The summed E-state index contributed by atoms with van der Waals surface area (Å²) in [7, 11) is 0. The molecule has 9 heterocycles. The van der Waals surface area contributed by atoms with E-state index in [1.807, 2.05) is 0 Å². The van der Waals surface area contributed by atoms with Gasteiger partial charge in [-0.1, -0.05) is 62.3 Å².